The molecule has 0 spiro atoms. The van der Waals surface area contributed by atoms with Gasteiger partial charge in [-0.3, -0.25) is 20.3 Å². The van der Waals surface area contributed by atoms with Gasteiger partial charge in [-0.2, -0.15) is 13.2 Å². The Bertz CT molecular complexity index is 1110. The predicted molar refractivity (Wildman–Crippen MR) is 127 cm³/mol. The first kappa shape index (κ1) is 30.1. The number of amides is 2. The van der Waals surface area contributed by atoms with Crippen LogP contribution in [0.25, 0.3) is 0 Å². The lowest BCUT2D eigenvalue weighted by Gasteiger charge is -2.26. The van der Waals surface area contributed by atoms with E-state index in [1.807, 2.05) is 20.8 Å². The maximum absolute atomic E-state index is 14.8. The normalized spacial score (nSPS) is 13.5. The summed E-state index contributed by atoms with van der Waals surface area (Å²) >= 11 is 0. The van der Waals surface area contributed by atoms with E-state index in [0.29, 0.717) is 18.7 Å². The lowest BCUT2D eigenvalue weighted by molar-refractivity contribution is -0.137. The van der Waals surface area contributed by atoms with Crippen molar-refractivity contribution in [3.05, 3.63) is 70.3 Å². The van der Waals surface area contributed by atoms with Crippen LogP contribution in [0.2, 0.25) is 0 Å². The molecule has 2 atom stereocenters. The molecular weight excluding hydrogens is 499 g/mol. The van der Waals surface area contributed by atoms with E-state index in [4.69, 9.17) is 0 Å². The molecule has 12 heteroatoms. The third-order valence-corrected chi connectivity index (χ3v) is 5.61. The molecule has 2 rings (SSSR count). The Kier molecular flexibility index (Phi) is 10.1. The monoisotopic (exact) mass is 530 g/mol. The number of aliphatic hydroxyl groups excluding tert-OH is 1. The van der Waals surface area contributed by atoms with Gasteiger partial charge < -0.3 is 10.0 Å². The van der Waals surface area contributed by atoms with Crippen molar-refractivity contribution in [3.63, 3.8) is 0 Å². The van der Waals surface area contributed by atoms with Crippen molar-refractivity contribution in [1.29, 1.82) is 0 Å². The van der Waals surface area contributed by atoms with Crippen LogP contribution in [0.5, 0.6) is 0 Å². The molecule has 2 amide bonds. The summed E-state index contributed by atoms with van der Waals surface area (Å²) in [5.41, 5.74) is 0.770. The minimum absolute atomic E-state index is 0.0546. The zero-order chi connectivity index (χ0) is 28.1. The summed E-state index contributed by atoms with van der Waals surface area (Å²) < 4.78 is 67.0. The van der Waals surface area contributed by atoms with Crippen LogP contribution < -0.4 is 10.7 Å². The second-order valence-electron chi connectivity index (χ2n) is 8.87. The lowest BCUT2D eigenvalue weighted by Crippen LogP contribution is -2.47. The summed E-state index contributed by atoms with van der Waals surface area (Å²) in [5.74, 6) is -3.19. The molecule has 0 aromatic heterocycles. The molecule has 0 aliphatic heterocycles. The highest BCUT2D eigenvalue weighted by Crippen LogP contribution is 2.30. The highest BCUT2D eigenvalue weighted by Gasteiger charge is 2.32. The van der Waals surface area contributed by atoms with Gasteiger partial charge in [-0.1, -0.05) is 6.07 Å². The zero-order valence-electron chi connectivity index (χ0n) is 21.2. The fourth-order valence-corrected chi connectivity index (χ4v) is 3.78. The third-order valence-electron chi connectivity index (χ3n) is 5.61. The second kappa shape index (κ2) is 12.4. The van der Waals surface area contributed by atoms with Crippen LogP contribution >= 0.6 is 0 Å². The number of nitrogens with one attached hydrogen (secondary N) is 2. The molecule has 1 unspecified atom stereocenters. The molecule has 0 aliphatic carbocycles. The van der Waals surface area contributed by atoms with Gasteiger partial charge in [-0.25, -0.2) is 13.8 Å². The summed E-state index contributed by atoms with van der Waals surface area (Å²) in [6, 6.07) is 4.77. The Morgan fingerprint density at radius 1 is 1.03 bits per heavy atom. The van der Waals surface area contributed by atoms with Gasteiger partial charge in [0.15, 0.2) is 0 Å². The van der Waals surface area contributed by atoms with Crippen LogP contribution in [-0.2, 0) is 6.18 Å². The van der Waals surface area contributed by atoms with Gasteiger partial charge >= 0.3 is 6.18 Å². The van der Waals surface area contributed by atoms with Gasteiger partial charge in [0.05, 0.1) is 12.1 Å². The number of benzene rings is 2. The SMILES string of the molecule is CCN(C(=O)c1ccc([C@@H](C)NC(O)CN(C)NC(=O)c2cc(F)cc(C(F)(F)F)c2)c(F)c1)C(C)C. The lowest BCUT2D eigenvalue weighted by atomic mass is 10.0. The van der Waals surface area contributed by atoms with Crippen molar-refractivity contribution in [2.45, 2.75) is 52.2 Å². The number of carbonyl (C=O) groups excluding carboxylic acids is 2. The molecular formula is C25H31F5N4O3. The summed E-state index contributed by atoms with van der Waals surface area (Å²) in [7, 11) is 1.34. The predicted octanol–water partition coefficient (Wildman–Crippen LogP) is 4.10. The fraction of sp³-hybridized carbons (Fsp3) is 0.440. The third kappa shape index (κ3) is 8.20. The van der Waals surface area contributed by atoms with E-state index >= 15 is 0 Å². The van der Waals surface area contributed by atoms with Crippen LogP contribution in [0.15, 0.2) is 36.4 Å². The van der Waals surface area contributed by atoms with Gasteiger partial charge in [-0.05, 0) is 58.0 Å². The molecule has 0 saturated carbocycles. The Hall–Kier alpha value is -3.09. The van der Waals surface area contributed by atoms with Crippen LogP contribution in [0.1, 0.15) is 65.6 Å². The number of aliphatic hydroxyl groups is 1. The summed E-state index contributed by atoms with van der Waals surface area (Å²) in [6.45, 7) is 7.35. The second-order valence-corrected chi connectivity index (χ2v) is 8.87. The van der Waals surface area contributed by atoms with E-state index in [-0.39, 0.29) is 35.7 Å². The number of hydrogen-bond acceptors (Lipinski definition) is 5. The molecule has 0 saturated heterocycles. The van der Waals surface area contributed by atoms with Crippen molar-refractivity contribution in [2.75, 3.05) is 20.1 Å². The first-order chi connectivity index (χ1) is 17.1. The largest absolute Gasteiger partial charge is 0.416 e. The number of hydrogen-bond donors (Lipinski definition) is 3. The Balaban J connectivity index is 2.00. The molecule has 0 bridgehead atoms. The number of rotatable bonds is 10. The molecule has 37 heavy (non-hydrogen) atoms. The molecule has 0 heterocycles. The van der Waals surface area contributed by atoms with Gasteiger partial charge in [-0.15, -0.1) is 0 Å². The van der Waals surface area contributed by atoms with Crippen LogP contribution in [-0.4, -0.2) is 59.2 Å². The summed E-state index contributed by atoms with van der Waals surface area (Å²) in [4.78, 5) is 26.5. The number of nitrogens with zero attached hydrogens (tertiary/aromatic N) is 2. The van der Waals surface area contributed by atoms with Gasteiger partial charge in [0.25, 0.3) is 11.8 Å². The first-order valence-corrected chi connectivity index (χ1v) is 11.6. The Morgan fingerprint density at radius 2 is 1.68 bits per heavy atom. The zero-order valence-corrected chi connectivity index (χ0v) is 21.2. The van der Waals surface area contributed by atoms with E-state index in [0.717, 1.165) is 11.1 Å². The van der Waals surface area contributed by atoms with Gasteiger partial charge in [0, 0.05) is 42.4 Å². The minimum Gasteiger partial charge on any atom is -0.377 e. The molecule has 2 aromatic rings. The highest BCUT2D eigenvalue weighted by atomic mass is 19.4. The average molecular weight is 531 g/mol. The van der Waals surface area contributed by atoms with Gasteiger partial charge in [0.1, 0.15) is 17.9 Å². The van der Waals surface area contributed by atoms with E-state index < -0.39 is 47.1 Å². The maximum atomic E-state index is 14.8. The number of likely N-dealkylation sites (N-methyl/N-ethyl adjacent to an activating group) is 1. The molecule has 3 N–H and O–H groups in total. The van der Waals surface area contributed by atoms with Crippen molar-refractivity contribution in [3.8, 4) is 0 Å². The highest BCUT2D eigenvalue weighted by molar-refractivity contribution is 5.94. The number of alkyl halides is 3. The summed E-state index contributed by atoms with van der Waals surface area (Å²) in [6.07, 6.45) is -6.13. The van der Waals surface area contributed by atoms with E-state index in [1.54, 1.807) is 11.8 Å². The van der Waals surface area contributed by atoms with Crippen molar-refractivity contribution in [2.24, 2.45) is 0 Å². The Morgan fingerprint density at radius 3 is 2.22 bits per heavy atom. The van der Waals surface area contributed by atoms with Crippen LogP contribution in [0.4, 0.5) is 22.0 Å². The van der Waals surface area contributed by atoms with Crippen molar-refractivity contribution in [1.82, 2.24) is 20.7 Å². The van der Waals surface area contributed by atoms with Crippen molar-refractivity contribution >= 4 is 11.8 Å². The molecule has 204 valence electrons. The maximum Gasteiger partial charge on any atom is 0.416 e. The topological polar surface area (TPSA) is 84.9 Å². The minimum atomic E-state index is -4.83. The summed E-state index contributed by atoms with van der Waals surface area (Å²) in [5, 5.41) is 14.2. The van der Waals surface area contributed by atoms with Crippen molar-refractivity contribution < 1.29 is 36.6 Å². The van der Waals surface area contributed by atoms with Crippen LogP contribution in [0.3, 0.4) is 0 Å². The Labute approximate surface area is 212 Å². The number of hydrazine groups is 1. The quantitative estimate of drug-likeness (QED) is 0.245. The van der Waals surface area contributed by atoms with Crippen LogP contribution in [0, 0.1) is 11.6 Å². The average Bonchev–Trinajstić information content (AvgIpc) is 2.77. The fourth-order valence-electron chi connectivity index (χ4n) is 3.78. The van der Waals surface area contributed by atoms with Gasteiger partial charge in [0.2, 0.25) is 0 Å². The standard InChI is InChI=1S/C25H31F5N4O3/c1-6-34(14(2)3)24(37)16-7-8-20(21(27)11-16)15(4)31-22(35)13-33(5)32-23(36)17-9-18(25(28,29)30)12-19(26)10-17/h7-12,14-15,22,31,35H,6,13H2,1-5H3,(H,32,36)/t15-,22?/m1/s1. The molecule has 0 radical (unpaired) electrons. The number of carbonyl (C=O) groups is 2. The van der Waals surface area contributed by atoms with E-state index in [1.165, 1.54) is 19.2 Å². The molecule has 0 fully saturated rings. The smallest absolute Gasteiger partial charge is 0.377 e. The van der Waals surface area contributed by atoms with E-state index in [9.17, 15) is 36.6 Å². The molecule has 7 nitrogen and oxygen atoms in total. The first-order valence-electron chi connectivity index (χ1n) is 11.6. The molecule has 0 aliphatic rings. The molecule has 2 aromatic carbocycles. The number of halogens is 5. The van der Waals surface area contributed by atoms with E-state index in [2.05, 4.69) is 10.7 Å².